The summed E-state index contributed by atoms with van der Waals surface area (Å²) in [6.45, 7) is 5.64. The summed E-state index contributed by atoms with van der Waals surface area (Å²) in [6, 6.07) is 19.7. The molecule has 8 heteroatoms. The number of rotatable bonds is 7. The van der Waals surface area contributed by atoms with Crippen molar-refractivity contribution < 1.29 is 19.1 Å². The number of ether oxygens (including phenoxy) is 1. The Balaban J connectivity index is 1.49. The van der Waals surface area contributed by atoms with Gasteiger partial charge in [0.15, 0.2) is 6.61 Å². The van der Waals surface area contributed by atoms with Crippen LogP contribution in [0.25, 0.3) is 0 Å². The number of anilines is 2. The Hall–Kier alpha value is -4.46. The fourth-order valence-electron chi connectivity index (χ4n) is 3.10. The predicted molar refractivity (Wildman–Crippen MR) is 132 cm³/mol. The molecule has 3 aromatic rings. The SMILES string of the molecule is Cc1cccc(NC(=O)C(=O)N/N=C\c2cccc(OCC(=O)Nc3ccc(C)cc3C)c2)c1. The molecular weight excluding hydrogens is 432 g/mol. The number of nitrogens with zero attached hydrogens (tertiary/aromatic N) is 1. The van der Waals surface area contributed by atoms with E-state index in [-0.39, 0.29) is 12.5 Å². The van der Waals surface area contributed by atoms with Gasteiger partial charge in [0.25, 0.3) is 5.91 Å². The number of carbonyl (C=O) groups is 3. The Labute approximate surface area is 198 Å². The topological polar surface area (TPSA) is 109 Å². The van der Waals surface area contributed by atoms with E-state index in [2.05, 4.69) is 21.2 Å². The molecule has 0 saturated heterocycles. The van der Waals surface area contributed by atoms with Gasteiger partial charge < -0.3 is 15.4 Å². The third kappa shape index (κ3) is 7.30. The van der Waals surface area contributed by atoms with Gasteiger partial charge in [-0.3, -0.25) is 14.4 Å². The number of amides is 3. The Morgan fingerprint density at radius 3 is 2.38 bits per heavy atom. The van der Waals surface area contributed by atoms with Gasteiger partial charge in [0.2, 0.25) is 0 Å². The van der Waals surface area contributed by atoms with Crippen molar-refractivity contribution in [2.45, 2.75) is 20.8 Å². The minimum Gasteiger partial charge on any atom is -0.484 e. The highest BCUT2D eigenvalue weighted by Gasteiger charge is 2.12. The number of hydrazone groups is 1. The van der Waals surface area contributed by atoms with Crippen LogP contribution in [0.15, 0.2) is 71.8 Å². The van der Waals surface area contributed by atoms with Gasteiger partial charge in [-0.1, -0.05) is 42.0 Å². The largest absolute Gasteiger partial charge is 0.484 e. The maximum Gasteiger partial charge on any atom is 0.329 e. The Kier molecular flexibility index (Phi) is 8.12. The van der Waals surface area contributed by atoms with Crippen molar-refractivity contribution in [1.29, 1.82) is 0 Å². The summed E-state index contributed by atoms with van der Waals surface area (Å²) in [6.07, 6.45) is 1.38. The first-order valence-corrected chi connectivity index (χ1v) is 10.6. The number of nitrogens with one attached hydrogen (secondary N) is 3. The number of hydrogen-bond donors (Lipinski definition) is 3. The second-order valence-electron chi connectivity index (χ2n) is 7.75. The minimum atomic E-state index is -0.895. The average Bonchev–Trinajstić information content (AvgIpc) is 2.80. The summed E-state index contributed by atoms with van der Waals surface area (Å²) >= 11 is 0. The molecule has 3 rings (SSSR count). The highest BCUT2D eigenvalue weighted by Crippen LogP contribution is 2.16. The van der Waals surface area contributed by atoms with Gasteiger partial charge in [-0.25, -0.2) is 5.43 Å². The van der Waals surface area contributed by atoms with Gasteiger partial charge in [0, 0.05) is 11.4 Å². The van der Waals surface area contributed by atoms with Crippen LogP contribution in [-0.2, 0) is 14.4 Å². The molecule has 8 nitrogen and oxygen atoms in total. The van der Waals surface area contributed by atoms with Crippen LogP contribution >= 0.6 is 0 Å². The molecule has 0 aliphatic carbocycles. The summed E-state index contributed by atoms with van der Waals surface area (Å²) in [5.74, 6) is -1.54. The summed E-state index contributed by atoms with van der Waals surface area (Å²) in [7, 11) is 0. The summed E-state index contributed by atoms with van der Waals surface area (Å²) in [5, 5.41) is 9.14. The van der Waals surface area contributed by atoms with E-state index in [1.54, 1.807) is 42.5 Å². The quantitative estimate of drug-likeness (QED) is 0.285. The molecule has 3 amide bonds. The maximum absolute atomic E-state index is 12.2. The Bertz CT molecular complexity index is 1240. The van der Waals surface area contributed by atoms with Gasteiger partial charge in [-0.05, 0) is 67.8 Å². The van der Waals surface area contributed by atoms with E-state index < -0.39 is 11.8 Å². The zero-order chi connectivity index (χ0) is 24.5. The van der Waals surface area contributed by atoms with Crippen molar-refractivity contribution in [3.05, 3.63) is 89.0 Å². The van der Waals surface area contributed by atoms with Crippen LogP contribution in [0.2, 0.25) is 0 Å². The predicted octanol–water partition coefficient (Wildman–Crippen LogP) is 3.72. The molecule has 174 valence electrons. The number of benzene rings is 3. The molecule has 0 heterocycles. The van der Waals surface area contributed by atoms with E-state index in [0.717, 1.165) is 22.4 Å². The molecule has 3 aromatic carbocycles. The lowest BCUT2D eigenvalue weighted by Crippen LogP contribution is -2.32. The van der Waals surface area contributed by atoms with Gasteiger partial charge in [-0.2, -0.15) is 5.10 Å². The second-order valence-corrected chi connectivity index (χ2v) is 7.75. The maximum atomic E-state index is 12.2. The van der Waals surface area contributed by atoms with Crippen LogP contribution in [0, 0.1) is 20.8 Å². The monoisotopic (exact) mass is 458 g/mol. The van der Waals surface area contributed by atoms with Gasteiger partial charge in [-0.15, -0.1) is 0 Å². The fourth-order valence-corrected chi connectivity index (χ4v) is 3.10. The molecule has 0 bridgehead atoms. The first kappa shape index (κ1) is 24.2. The molecule has 0 atom stereocenters. The summed E-state index contributed by atoms with van der Waals surface area (Å²) < 4.78 is 5.56. The molecule has 0 aliphatic heterocycles. The second kappa shape index (κ2) is 11.4. The van der Waals surface area contributed by atoms with Crippen LogP contribution in [0.1, 0.15) is 22.3 Å². The van der Waals surface area contributed by atoms with Crippen molar-refractivity contribution in [2.75, 3.05) is 17.2 Å². The lowest BCUT2D eigenvalue weighted by Gasteiger charge is -2.10. The molecule has 0 saturated carbocycles. The summed E-state index contributed by atoms with van der Waals surface area (Å²) in [4.78, 5) is 36.2. The normalized spacial score (nSPS) is 10.6. The number of carbonyl (C=O) groups excluding carboxylic acids is 3. The molecule has 3 N–H and O–H groups in total. The molecule has 0 radical (unpaired) electrons. The van der Waals surface area contributed by atoms with Gasteiger partial charge >= 0.3 is 11.8 Å². The third-order valence-corrected chi connectivity index (χ3v) is 4.75. The smallest absolute Gasteiger partial charge is 0.329 e. The molecule has 0 aromatic heterocycles. The zero-order valence-electron chi connectivity index (χ0n) is 19.2. The van der Waals surface area contributed by atoms with E-state index in [9.17, 15) is 14.4 Å². The van der Waals surface area contributed by atoms with Crippen molar-refractivity contribution in [3.8, 4) is 5.75 Å². The van der Waals surface area contributed by atoms with E-state index >= 15 is 0 Å². The lowest BCUT2D eigenvalue weighted by atomic mass is 10.1. The first-order valence-electron chi connectivity index (χ1n) is 10.6. The molecule has 34 heavy (non-hydrogen) atoms. The van der Waals surface area contributed by atoms with Crippen molar-refractivity contribution in [3.63, 3.8) is 0 Å². The number of aryl methyl sites for hydroxylation is 3. The summed E-state index contributed by atoms with van der Waals surface area (Å²) in [5.41, 5.74) is 7.12. The minimum absolute atomic E-state index is 0.163. The van der Waals surface area contributed by atoms with Crippen LogP contribution in [0.5, 0.6) is 5.75 Å². The first-order chi connectivity index (χ1) is 16.3. The average molecular weight is 459 g/mol. The highest BCUT2D eigenvalue weighted by molar-refractivity contribution is 6.39. The highest BCUT2D eigenvalue weighted by atomic mass is 16.5. The van der Waals surface area contributed by atoms with E-state index in [0.29, 0.717) is 17.0 Å². The Morgan fingerprint density at radius 1 is 0.853 bits per heavy atom. The third-order valence-electron chi connectivity index (χ3n) is 4.75. The van der Waals surface area contributed by atoms with E-state index in [4.69, 9.17) is 4.74 Å². The molecule has 0 spiro atoms. The van der Waals surface area contributed by atoms with Crippen LogP contribution in [0.4, 0.5) is 11.4 Å². The van der Waals surface area contributed by atoms with Crippen molar-refractivity contribution in [1.82, 2.24) is 5.43 Å². The standard InChI is InChI=1S/C26H26N4O4/c1-17-6-4-8-21(13-17)28-25(32)26(33)30-27-15-20-7-5-9-22(14-20)34-16-24(31)29-23-11-10-18(2)12-19(23)3/h4-15H,16H2,1-3H3,(H,28,32)(H,29,31)(H,30,33)/b27-15-. The Morgan fingerprint density at radius 2 is 1.62 bits per heavy atom. The number of hydrogen-bond acceptors (Lipinski definition) is 5. The molecule has 0 fully saturated rings. The molecular formula is C26H26N4O4. The van der Waals surface area contributed by atoms with Crippen LogP contribution < -0.4 is 20.8 Å². The molecule has 0 unspecified atom stereocenters. The van der Waals surface area contributed by atoms with Gasteiger partial charge in [0.1, 0.15) is 5.75 Å². The van der Waals surface area contributed by atoms with Crippen molar-refractivity contribution in [2.24, 2.45) is 5.10 Å². The molecule has 0 aliphatic rings. The van der Waals surface area contributed by atoms with Crippen LogP contribution in [0.3, 0.4) is 0 Å². The van der Waals surface area contributed by atoms with Crippen LogP contribution in [-0.4, -0.2) is 30.5 Å². The lowest BCUT2D eigenvalue weighted by molar-refractivity contribution is -0.136. The fraction of sp³-hybridized carbons (Fsp3) is 0.154. The van der Waals surface area contributed by atoms with E-state index in [1.165, 1.54) is 6.21 Å². The van der Waals surface area contributed by atoms with E-state index in [1.807, 2.05) is 45.0 Å². The van der Waals surface area contributed by atoms with Gasteiger partial charge in [0.05, 0.1) is 6.21 Å². The zero-order valence-corrected chi connectivity index (χ0v) is 19.2. The van der Waals surface area contributed by atoms with Crippen molar-refractivity contribution >= 4 is 35.3 Å².